The van der Waals surface area contributed by atoms with Crippen LogP contribution in [0.3, 0.4) is 0 Å². The molecule has 1 saturated heterocycles. The Hall–Kier alpha value is -0.940. The van der Waals surface area contributed by atoms with Crippen molar-refractivity contribution in [3.8, 4) is 0 Å². The molecule has 0 saturated carbocycles. The van der Waals surface area contributed by atoms with Crippen molar-refractivity contribution in [1.29, 1.82) is 0 Å². The number of benzene rings is 1. The van der Waals surface area contributed by atoms with Crippen molar-refractivity contribution in [2.75, 3.05) is 19.8 Å². The van der Waals surface area contributed by atoms with Crippen molar-refractivity contribution in [2.45, 2.75) is 13.0 Å². The topological polar surface area (TPSA) is 29.5 Å². The molecule has 17 heavy (non-hydrogen) atoms. The van der Waals surface area contributed by atoms with Gasteiger partial charge in [0.05, 0.1) is 24.8 Å². The zero-order valence-electron chi connectivity index (χ0n) is 9.45. The fraction of sp³-hybridized carbons (Fsp3) is 0.417. The largest absolute Gasteiger partial charge is 0.377 e. The summed E-state index contributed by atoms with van der Waals surface area (Å²) in [5.41, 5.74) is 0.360. The number of amides is 1. The Labute approximate surface area is 108 Å². The molecular weight excluding hydrogens is 289 g/mol. The van der Waals surface area contributed by atoms with Gasteiger partial charge in [0.2, 0.25) is 0 Å². The van der Waals surface area contributed by atoms with Crippen molar-refractivity contribution >= 4 is 21.8 Å². The van der Waals surface area contributed by atoms with Gasteiger partial charge in [0.15, 0.2) is 0 Å². The minimum Gasteiger partial charge on any atom is -0.377 e. The van der Waals surface area contributed by atoms with Gasteiger partial charge in [0.25, 0.3) is 5.91 Å². The smallest absolute Gasteiger partial charge is 0.255 e. The average molecular weight is 302 g/mol. The number of halogens is 2. The highest BCUT2D eigenvalue weighted by molar-refractivity contribution is 9.10. The number of carbonyl (C=O) groups excluding carboxylic acids is 1. The summed E-state index contributed by atoms with van der Waals surface area (Å²) >= 11 is 3.27. The van der Waals surface area contributed by atoms with Crippen LogP contribution in [0, 0.1) is 5.82 Å². The Morgan fingerprint density at radius 1 is 1.59 bits per heavy atom. The first-order valence-electron chi connectivity index (χ1n) is 5.43. The predicted octanol–water partition coefficient (Wildman–Crippen LogP) is 2.45. The van der Waals surface area contributed by atoms with E-state index in [4.69, 9.17) is 4.74 Å². The minimum absolute atomic E-state index is 0.0198. The summed E-state index contributed by atoms with van der Waals surface area (Å²) in [5, 5.41) is 0. The van der Waals surface area contributed by atoms with E-state index in [1.54, 1.807) is 11.0 Å². The van der Waals surface area contributed by atoms with E-state index in [1.165, 1.54) is 12.1 Å². The number of morpholine rings is 1. The molecule has 1 aromatic carbocycles. The summed E-state index contributed by atoms with van der Waals surface area (Å²) < 4.78 is 19.0. The third-order valence-electron chi connectivity index (χ3n) is 2.79. The number of rotatable bonds is 1. The fourth-order valence-electron chi connectivity index (χ4n) is 1.84. The second-order valence-corrected chi connectivity index (χ2v) is 4.90. The van der Waals surface area contributed by atoms with Crippen LogP contribution in [0.25, 0.3) is 0 Å². The maximum Gasteiger partial charge on any atom is 0.255 e. The Kier molecular flexibility index (Phi) is 3.79. The molecule has 1 aliphatic heterocycles. The standard InChI is InChI=1S/C12H13BrFNO2/c1-8-7-17-5-4-15(8)12(16)10-6-9(14)2-3-11(10)13/h2-3,6,8H,4-5,7H2,1H3. The molecule has 1 amide bonds. The highest BCUT2D eigenvalue weighted by atomic mass is 79.9. The minimum atomic E-state index is -0.405. The van der Waals surface area contributed by atoms with E-state index in [0.717, 1.165) is 0 Å². The van der Waals surface area contributed by atoms with Gasteiger partial charge in [-0.1, -0.05) is 0 Å². The summed E-state index contributed by atoms with van der Waals surface area (Å²) in [6, 6.07) is 4.15. The molecule has 1 aliphatic rings. The lowest BCUT2D eigenvalue weighted by Crippen LogP contribution is -2.47. The van der Waals surface area contributed by atoms with Gasteiger partial charge in [0.1, 0.15) is 5.82 Å². The third kappa shape index (κ3) is 2.66. The summed E-state index contributed by atoms with van der Waals surface area (Å²) in [7, 11) is 0. The second kappa shape index (κ2) is 5.14. The van der Waals surface area contributed by atoms with Crippen LogP contribution in [0.15, 0.2) is 22.7 Å². The van der Waals surface area contributed by atoms with Crippen LogP contribution in [-0.2, 0) is 4.74 Å². The first-order valence-corrected chi connectivity index (χ1v) is 6.22. The molecule has 1 aromatic rings. The molecule has 0 aliphatic carbocycles. The van der Waals surface area contributed by atoms with Crippen LogP contribution in [0.4, 0.5) is 4.39 Å². The normalized spacial score (nSPS) is 20.4. The SMILES string of the molecule is CC1COCCN1C(=O)c1cc(F)ccc1Br. The molecule has 0 aromatic heterocycles. The number of carbonyl (C=O) groups is 1. The van der Waals surface area contributed by atoms with Crippen LogP contribution in [-0.4, -0.2) is 36.6 Å². The molecule has 1 unspecified atom stereocenters. The summed E-state index contributed by atoms with van der Waals surface area (Å²) in [6.45, 7) is 3.52. The lowest BCUT2D eigenvalue weighted by molar-refractivity contribution is 0.00352. The molecule has 1 atom stereocenters. The Balaban J connectivity index is 2.26. The molecule has 1 fully saturated rings. The lowest BCUT2D eigenvalue weighted by atomic mass is 10.1. The van der Waals surface area contributed by atoms with Gasteiger partial charge in [-0.2, -0.15) is 0 Å². The highest BCUT2D eigenvalue weighted by Crippen LogP contribution is 2.21. The van der Waals surface area contributed by atoms with E-state index < -0.39 is 5.82 Å². The van der Waals surface area contributed by atoms with Gasteiger partial charge in [-0.05, 0) is 41.1 Å². The number of hydrogen-bond acceptors (Lipinski definition) is 2. The maximum absolute atomic E-state index is 13.2. The molecular formula is C12H13BrFNO2. The molecule has 2 rings (SSSR count). The van der Waals surface area contributed by atoms with Gasteiger partial charge < -0.3 is 9.64 Å². The molecule has 92 valence electrons. The Morgan fingerprint density at radius 2 is 2.35 bits per heavy atom. The first kappa shape index (κ1) is 12.5. The van der Waals surface area contributed by atoms with Crippen LogP contribution in [0.5, 0.6) is 0 Å². The van der Waals surface area contributed by atoms with E-state index in [9.17, 15) is 9.18 Å². The predicted molar refractivity (Wildman–Crippen MR) is 65.4 cm³/mol. The molecule has 3 nitrogen and oxygen atoms in total. The monoisotopic (exact) mass is 301 g/mol. The fourth-order valence-corrected chi connectivity index (χ4v) is 2.26. The van der Waals surface area contributed by atoms with Crippen molar-refractivity contribution in [3.05, 3.63) is 34.1 Å². The molecule has 0 N–H and O–H groups in total. The summed E-state index contributed by atoms with van der Waals surface area (Å²) in [5.74, 6) is -0.565. The Morgan fingerprint density at radius 3 is 3.06 bits per heavy atom. The maximum atomic E-state index is 13.2. The first-order chi connectivity index (χ1) is 8.09. The van der Waals surface area contributed by atoms with Crippen molar-refractivity contribution in [3.63, 3.8) is 0 Å². The summed E-state index contributed by atoms with van der Waals surface area (Å²) in [6.07, 6.45) is 0. The van der Waals surface area contributed by atoms with Gasteiger partial charge in [-0.3, -0.25) is 4.79 Å². The highest BCUT2D eigenvalue weighted by Gasteiger charge is 2.26. The van der Waals surface area contributed by atoms with Crippen LogP contribution < -0.4 is 0 Å². The van der Waals surface area contributed by atoms with E-state index >= 15 is 0 Å². The van der Waals surface area contributed by atoms with Crippen molar-refractivity contribution in [1.82, 2.24) is 4.90 Å². The second-order valence-electron chi connectivity index (χ2n) is 4.05. The van der Waals surface area contributed by atoms with E-state index in [2.05, 4.69) is 15.9 Å². The van der Waals surface area contributed by atoms with Crippen LogP contribution in [0.2, 0.25) is 0 Å². The van der Waals surface area contributed by atoms with E-state index in [1.807, 2.05) is 6.92 Å². The van der Waals surface area contributed by atoms with Crippen molar-refractivity contribution < 1.29 is 13.9 Å². The molecule has 5 heteroatoms. The summed E-state index contributed by atoms with van der Waals surface area (Å²) in [4.78, 5) is 14.0. The van der Waals surface area contributed by atoms with Crippen LogP contribution in [0.1, 0.15) is 17.3 Å². The van der Waals surface area contributed by atoms with Crippen LogP contribution >= 0.6 is 15.9 Å². The Bertz CT molecular complexity index is 439. The number of nitrogens with zero attached hydrogens (tertiary/aromatic N) is 1. The average Bonchev–Trinajstić information content (AvgIpc) is 2.32. The lowest BCUT2D eigenvalue weighted by Gasteiger charge is -2.33. The molecule has 0 radical (unpaired) electrons. The zero-order valence-corrected chi connectivity index (χ0v) is 11.0. The quantitative estimate of drug-likeness (QED) is 0.797. The van der Waals surface area contributed by atoms with Gasteiger partial charge in [-0.15, -0.1) is 0 Å². The zero-order chi connectivity index (χ0) is 12.4. The van der Waals surface area contributed by atoms with E-state index in [-0.39, 0.29) is 11.9 Å². The van der Waals surface area contributed by atoms with Gasteiger partial charge in [-0.25, -0.2) is 4.39 Å². The molecule has 1 heterocycles. The van der Waals surface area contributed by atoms with Gasteiger partial charge in [0, 0.05) is 11.0 Å². The molecule has 0 bridgehead atoms. The number of hydrogen-bond donors (Lipinski definition) is 0. The number of ether oxygens (including phenoxy) is 1. The van der Waals surface area contributed by atoms with Crippen molar-refractivity contribution in [2.24, 2.45) is 0 Å². The van der Waals surface area contributed by atoms with Gasteiger partial charge >= 0.3 is 0 Å². The third-order valence-corrected chi connectivity index (χ3v) is 3.48. The van der Waals surface area contributed by atoms with E-state index in [0.29, 0.717) is 29.8 Å². The molecule has 0 spiro atoms.